The van der Waals surface area contributed by atoms with Crippen molar-refractivity contribution in [1.82, 2.24) is 0 Å². The molecule has 2 aromatic carbocycles. The van der Waals surface area contributed by atoms with Crippen LogP contribution in [0.4, 0.5) is 0 Å². The second-order valence-corrected chi connectivity index (χ2v) is 15.6. The highest BCUT2D eigenvalue weighted by Crippen LogP contribution is 2.62. The highest BCUT2D eigenvalue weighted by atomic mass is 32.2. The van der Waals surface area contributed by atoms with Crippen LogP contribution in [0.2, 0.25) is 25.7 Å². The van der Waals surface area contributed by atoms with E-state index in [0.29, 0.717) is 4.90 Å². The molecule has 2 nitrogen and oxygen atoms in total. The van der Waals surface area contributed by atoms with E-state index in [1.54, 1.807) is 12.1 Å². The second-order valence-electron chi connectivity index (χ2n) is 7.79. The number of rotatable bonds is 5. The molecule has 2 unspecified atom stereocenters. The fourth-order valence-electron chi connectivity index (χ4n) is 3.71. The van der Waals surface area contributed by atoms with E-state index in [9.17, 15) is 8.42 Å². The number of sulfone groups is 1. The van der Waals surface area contributed by atoms with Crippen LogP contribution in [0.15, 0.2) is 65.6 Å². The van der Waals surface area contributed by atoms with Gasteiger partial charge in [0.1, 0.15) is 0 Å². The lowest BCUT2D eigenvalue weighted by Gasteiger charge is -2.26. The Morgan fingerprint density at radius 1 is 0.957 bits per heavy atom. The molecule has 0 spiro atoms. The van der Waals surface area contributed by atoms with Gasteiger partial charge in [0.15, 0.2) is 9.84 Å². The molecule has 1 aliphatic carbocycles. The Bertz CT molecular complexity index is 779. The minimum Gasteiger partial charge on any atom is -0.223 e. The van der Waals surface area contributed by atoms with Crippen molar-refractivity contribution in [3.05, 3.63) is 66.2 Å². The van der Waals surface area contributed by atoms with E-state index in [2.05, 4.69) is 31.8 Å². The molecule has 23 heavy (non-hydrogen) atoms. The molecular formula is C19H24O2SSi. The summed E-state index contributed by atoms with van der Waals surface area (Å²) in [4.78, 5) is 0.469. The standard InChI is InChI=1S/C19H24O2SSi/c1-23(2,3)15-19(14-18(19)16-10-6-4-7-11-16)22(20,21)17-12-8-5-9-13-17/h4-13,18H,14-15H2,1-3H3. The van der Waals surface area contributed by atoms with E-state index < -0.39 is 22.7 Å². The van der Waals surface area contributed by atoms with E-state index in [0.717, 1.165) is 18.0 Å². The highest BCUT2D eigenvalue weighted by Gasteiger charge is 2.65. The normalized spacial score (nSPS) is 24.4. The lowest BCUT2D eigenvalue weighted by Crippen LogP contribution is -2.35. The maximum Gasteiger partial charge on any atom is 0.184 e. The Hall–Kier alpha value is -1.39. The topological polar surface area (TPSA) is 34.1 Å². The number of benzene rings is 2. The summed E-state index contributed by atoms with van der Waals surface area (Å²) in [6, 6.07) is 19.9. The average molecular weight is 345 g/mol. The Morgan fingerprint density at radius 3 is 2.00 bits per heavy atom. The van der Waals surface area contributed by atoms with Gasteiger partial charge in [-0.2, -0.15) is 0 Å². The van der Waals surface area contributed by atoms with E-state index in [-0.39, 0.29) is 5.92 Å². The van der Waals surface area contributed by atoms with E-state index in [4.69, 9.17) is 0 Å². The molecule has 0 amide bonds. The molecule has 0 heterocycles. The van der Waals surface area contributed by atoms with Gasteiger partial charge in [0.2, 0.25) is 0 Å². The Kier molecular flexibility index (Phi) is 4.01. The van der Waals surface area contributed by atoms with E-state index in [1.165, 1.54) is 0 Å². The monoisotopic (exact) mass is 344 g/mol. The van der Waals surface area contributed by atoms with Crippen molar-refractivity contribution < 1.29 is 8.42 Å². The zero-order valence-electron chi connectivity index (χ0n) is 14.0. The van der Waals surface area contributed by atoms with Gasteiger partial charge in [0.25, 0.3) is 0 Å². The molecule has 4 heteroatoms. The van der Waals surface area contributed by atoms with Crippen molar-refractivity contribution in [2.75, 3.05) is 0 Å². The van der Waals surface area contributed by atoms with Crippen molar-refractivity contribution in [3.8, 4) is 0 Å². The molecule has 0 N–H and O–H groups in total. The van der Waals surface area contributed by atoms with Gasteiger partial charge in [-0.05, 0) is 30.2 Å². The minimum atomic E-state index is -3.32. The van der Waals surface area contributed by atoms with Gasteiger partial charge in [-0.25, -0.2) is 8.42 Å². The van der Waals surface area contributed by atoms with Crippen molar-refractivity contribution in [1.29, 1.82) is 0 Å². The predicted molar refractivity (Wildman–Crippen MR) is 98.3 cm³/mol. The largest absolute Gasteiger partial charge is 0.223 e. The van der Waals surface area contributed by atoms with Gasteiger partial charge in [0, 0.05) is 14.0 Å². The molecular weight excluding hydrogens is 320 g/mol. The zero-order chi connectivity index (χ0) is 16.7. The average Bonchev–Trinajstić information content (AvgIpc) is 3.23. The first-order valence-corrected chi connectivity index (χ1v) is 13.3. The first kappa shape index (κ1) is 16.5. The van der Waals surface area contributed by atoms with Gasteiger partial charge in [0.05, 0.1) is 9.64 Å². The molecule has 0 aromatic heterocycles. The Morgan fingerprint density at radius 2 is 1.48 bits per heavy atom. The molecule has 2 aromatic rings. The Balaban J connectivity index is 2.05. The predicted octanol–water partition coefficient (Wildman–Crippen LogP) is 4.72. The van der Waals surface area contributed by atoms with Gasteiger partial charge in [-0.15, -0.1) is 0 Å². The molecule has 122 valence electrons. The van der Waals surface area contributed by atoms with Crippen molar-refractivity contribution >= 4 is 17.9 Å². The molecule has 0 saturated heterocycles. The molecule has 0 aliphatic heterocycles. The van der Waals surface area contributed by atoms with Crippen molar-refractivity contribution in [2.45, 2.75) is 47.7 Å². The lowest BCUT2D eigenvalue weighted by atomic mass is 10.1. The van der Waals surface area contributed by atoms with Crippen LogP contribution in [-0.2, 0) is 9.84 Å². The van der Waals surface area contributed by atoms with Crippen LogP contribution in [0, 0.1) is 0 Å². The van der Waals surface area contributed by atoms with Crippen LogP contribution in [0.1, 0.15) is 17.9 Å². The summed E-state index contributed by atoms with van der Waals surface area (Å²) in [5, 5.41) is 0. The van der Waals surface area contributed by atoms with Crippen LogP contribution < -0.4 is 0 Å². The minimum absolute atomic E-state index is 0.126. The van der Waals surface area contributed by atoms with Gasteiger partial charge in [-0.3, -0.25) is 0 Å². The summed E-state index contributed by atoms with van der Waals surface area (Å²) >= 11 is 0. The number of hydrogen-bond acceptors (Lipinski definition) is 2. The number of hydrogen-bond donors (Lipinski definition) is 0. The zero-order valence-corrected chi connectivity index (χ0v) is 15.8. The third-order valence-electron chi connectivity index (χ3n) is 4.64. The summed E-state index contributed by atoms with van der Waals surface area (Å²) in [6.07, 6.45) is 0.749. The summed E-state index contributed by atoms with van der Waals surface area (Å²) in [7, 11) is -4.85. The first-order valence-electron chi connectivity index (χ1n) is 8.11. The molecule has 3 rings (SSSR count). The third-order valence-corrected chi connectivity index (χ3v) is 9.15. The van der Waals surface area contributed by atoms with Gasteiger partial charge < -0.3 is 0 Å². The maximum atomic E-state index is 13.4. The second kappa shape index (κ2) is 5.60. The molecule has 2 atom stereocenters. The van der Waals surface area contributed by atoms with Gasteiger partial charge >= 0.3 is 0 Å². The maximum absolute atomic E-state index is 13.4. The molecule has 0 bridgehead atoms. The summed E-state index contributed by atoms with van der Waals surface area (Å²) in [5.74, 6) is 0.126. The van der Waals surface area contributed by atoms with E-state index in [1.807, 2.05) is 36.4 Å². The van der Waals surface area contributed by atoms with Crippen LogP contribution in [-0.4, -0.2) is 21.2 Å². The van der Waals surface area contributed by atoms with Crippen LogP contribution in [0.5, 0.6) is 0 Å². The smallest absolute Gasteiger partial charge is 0.184 e. The molecule has 1 fully saturated rings. The lowest BCUT2D eigenvalue weighted by molar-refractivity contribution is 0.579. The Labute approximate surface area is 140 Å². The molecule has 1 saturated carbocycles. The van der Waals surface area contributed by atoms with Crippen molar-refractivity contribution in [2.24, 2.45) is 0 Å². The van der Waals surface area contributed by atoms with E-state index >= 15 is 0 Å². The van der Waals surface area contributed by atoms with Gasteiger partial charge in [-0.1, -0.05) is 68.2 Å². The van der Waals surface area contributed by atoms with Crippen LogP contribution >= 0.6 is 0 Å². The summed E-state index contributed by atoms with van der Waals surface area (Å²) in [5.41, 5.74) is 1.16. The SMILES string of the molecule is C[Si](C)(C)CC1(S(=O)(=O)c2ccccc2)CC1c1ccccc1. The molecule has 0 radical (unpaired) electrons. The third kappa shape index (κ3) is 3.02. The highest BCUT2D eigenvalue weighted by molar-refractivity contribution is 7.93. The van der Waals surface area contributed by atoms with Crippen LogP contribution in [0.25, 0.3) is 0 Å². The first-order chi connectivity index (χ1) is 10.8. The quantitative estimate of drug-likeness (QED) is 0.735. The molecule has 1 aliphatic rings. The summed E-state index contributed by atoms with van der Waals surface area (Å²) < 4.78 is 26.2. The fourth-order valence-corrected chi connectivity index (χ4v) is 9.84. The fraction of sp³-hybridized carbons (Fsp3) is 0.368. The van der Waals surface area contributed by atoms with Crippen LogP contribution in [0.3, 0.4) is 0 Å². The van der Waals surface area contributed by atoms with Crippen molar-refractivity contribution in [3.63, 3.8) is 0 Å². The summed E-state index contributed by atoms with van der Waals surface area (Å²) in [6.45, 7) is 6.78.